The monoisotopic (exact) mass is 406 g/mol. The SMILES string of the molecule is Cc1cc(C#N)ccc1-c1cc(=O)c2c(O)cc(O)c([C@H]3CCN(C)[C@@H]3CO)c2o1. The molecule has 154 valence electrons. The molecule has 1 aromatic heterocycles. The molecule has 7 heteroatoms. The molecule has 0 radical (unpaired) electrons. The number of phenolic OH excluding ortho intramolecular Hbond substituents is 2. The number of hydrogen-bond donors (Lipinski definition) is 3. The molecule has 4 rings (SSSR count). The van der Waals surface area contributed by atoms with Crippen molar-refractivity contribution in [1.82, 2.24) is 4.90 Å². The second kappa shape index (κ2) is 7.48. The Morgan fingerprint density at radius 2 is 2.00 bits per heavy atom. The van der Waals surface area contributed by atoms with Gasteiger partial charge in [0.05, 0.1) is 18.2 Å². The van der Waals surface area contributed by atoms with Gasteiger partial charge in [-0.25, -0.2) is 0 Å². The Morgan fingerprint density at radius 3 is 2.67 bits per heavy atom. The summed E-state index contributed by atoms with van der Waals surface area (Å²) in [7, 11) is 1.89. The Kier molecular flexibility index (Phi) is 4.98. The van der Waals surface area contributed by atoms with Gasteiger partial charge in [0.15, 0.2) is 5.43 Å². The van der Waals surface area contributed by atoms with Gasteiger partial charge < -0.3 is 24.6 Å². The van der Waals surface area contributed by atoms with Crippen molar-refractivity contribution in [1.29, 1.82) is 5.26 Å². The van der Waals surface area contributed by atoms with Crippen LogP contribution in [0.4, 0.5) is 0 Å². The van der Waals surface area contributed by atoms with Crippen LogP contribution in [0.25, 0.3) is 22.3 Å². The van der Waals surface area contributed by atoms with Gasteiger partial charge >= 0.3 is 0 Å². The fourth-order valence-corrected chi connectivity index (χ4v) is 4.43. The lowest BCUT2D eigenvalue weighted by atomic mass is 9.89. The average Bonchev–Trinajstić information content (AvgIpc) is 3.07. The molecule has 7 nitrogen and oxygen atoms in total. The molecule has 3 N–H and O–H groups in total. The molecule has 1 aliphatic rings. The van der Waals surface area contributed by atoms with Crippen LogP contribution in [0.15, 0.2) is 39.5 Å². The second-order valence-electron chi connectivity index (χ2n) is 7.77. The molecule has 1 aliphatic heterocycles. The summed E-state index contributed by atoms with van der Waals surface area (Å²) in [5.41, 5.74) is 2.00. The number of likely N-dealkylation sites (N-methyl/N-ethyl adjacent to an activating group) is 1. The van der Waals surface area contributed by atoms with Crippen LogP contribution in [-0.4, -0.2) is 46.5 Å². The molecule has 0 unspecified atom stereocenters. The fourth-order valence-electron chi connectivity index (χ4n) is 4.43. The van der Waals surface area contributed by atoms with Gasteiger partial charge in [0.1, 0.15) is 28.2 Å². The van der Waals surface area contributed by atoms with Crippen LogP contribution in [0.5, 0.6) is 11.5 Å². The molecule has 0 bridgehead atoms. The third-order valence-corrected chi connectivity index (χ3v) is 6.00. The van der Waals surface area contributed by atoms with Gasteiger partial charge in [0.25, 0.3) is 0 Å². The number of aromatic hydroxyl groups is 2. The molecular formula is C23H22N2O5. The quantitative estimate of drug-likeness (QED) is 0.612. The summed E-state index contributed by atoms with van der Waals surface area (Å²) in [6, 6.07) is 9.35. The zero-order valence-corrected chi connectivity index (χ0v) is 16.7. The maximum absolute atomic E-state index is 12.9. The molecule has 1 saturated heterocycles. The molecule has 2 aromatic carbocycles. The van der Waals surface area contributed by atoms with E-state index in [2.05, 4.69) is 6.07 Å². The number of aliphatic hydroxyl groups excluding tert-OH is 1. The number of hydrogen-bond acceptors (Lipinski definition) is 7. The zero-order valence-electron chi connectivity index (χ0n) is 16.7. The van der Waals surface area contributed by atoms with Crippen molar-refractivity contribution < 1.29 is 19.7 Å². The first-order valence-electron chi connectivity index (χ1n) is 9.70. The number of nitriles is 1. The fraction of sp³-hybridized carbons (Fsp3) is 0.304. The van der Waals surface area contributed by atoms with Crippen molar-refractivity contribution in [3.05, 3.63) is 57.2 Å². The Hall–Kier alpha value is -3.34. The molecule has 3 aromatic rings. The van der Waals surface area contributed by atoms with Crippen molar-refractivity contribution >= 4 is 11.0 Å². The first kappa shape index (κ1) is 20.0. The van der Waals surface area contributed by atoms with Gasteiger partial charge in [-0.3, -0.25) is 4.79 Å². The first-order chi connectivity index (χ1) is 14.3. The van der Waals surface area contributed by atoms with Gasteiger partial charge in [-0.15, -0.1) is 0 Å². The highest BCUT2D eigenvalue weighted by molar-refractivity contribution is 5.90. The molecular weight excluding hydrogens is 384 g/mol. The molecule has 1 fully saturated rings. The molecule has 0 saturated carbocycles. The van der Waals surface area contributed by atoms with E-state index in [1.165, 1.54) is 6.07 Å². The minimum absolute atomic E-state index is 0.00379. The van der Waals surface area contributed by atoms with Crippen LogP contribution in [0.1, 0.15) is 29.0 Å². The van der Waals surface area contributed by atoms with Crippen molar-refractivity contribution in [2.24, 2.45) is 0 Å². The second-order valence-corrected chi connectivity index (χ2v) is 7.77. The summed E-state index contributed by atoms with van der Waals surface area (Å²) in [6.07, 6.45) is 0.666. The smallest absolute Gasteiger partial charge is 0.197 e. The maximum atomic E-state index is 12.9. The van der Waals surface area contributed by atoms with Crippen LogP contribution in [0.2, 0.25) is 0 Å². The number of aliphatic hydroxyl groups is 1. The van der Waals surface area contributed by atoms with E-state index in [0.29, 0.717) is 23.1 Å². The topological polar surface area (TPSA) is 118 Å². The minimum Gasteiger partial charge on any atom is -0.507 e. The Bertz CT molecular complexity index is 1240. The summed E-state index contributed by atoms with van der Waals surface area (Å²) >= 11 is 0. The third-order valence-electron chi connectivity index (χ3n) is 6.00. The molecule has 30 heavy (non-hydrogen) atoms. The molecule has 2 atom stereocenters. The summed E-state index contributed by atoms with van der Waals surface area (Å²) in [5.74, 6) is -0.498. The Morgan fingerprint density at radius 1 is 1.23 bits per heavy atom. The zero-order chi connectivity index (χ0) is 21.6. The van der Waals surface area contributed by atoms with E-state index in [-0.39, 0.29) is 46.8 Å². The molecule has 2 heterocycles. The summed E-state index contributed by atoms with van der Waals surface area (Å²) in [6.45, 7) is 2.42. The molecule has 0 aliphatic carbocycles. The van der Waals surface area contributed by atoms with E-state index in [9.17, 15) is 20.1 Å². The van der Waals surface area contributed by atoms with Gasteiger partial charge in [-0.2, -0.15) is 5.26 Å². The Balaban J connectivity index is 2.00. The lowest BCUT2D eigenvalue weighted by Gasteiger charge is -2.24. The van der Waals surface area contributed by atoms with Crippen molar-refractivity contribution in [2.45, 2.75) is 25.3 Å². The highest BCUT2D eigenvalue weighted by Crippen LogP contribution is 2.44. The van der Waals surface area contributed by atoms with E-state index in [0.717, 1.165) is 18.2 Å². The predicted octanol–water partition coefficient (Wildman–Crippen LogP) is 2.83. The predicted molar refractivity (Wildman–Crippen MR) is 112 cm³/mol. The first-order valence-corrected chi connectivity index (χ1v) is 9.70. The summed E-state index contributed by atoms with van der Waals surface area (Å²) in [5, 5.41) is 40.0. The van der Waals surface area contributed by atoms with Crippen LogP contribution in [0.3, 0.4) is 0 Å². The minimum atomic E-state index is -0.430. The van der Waals surface area contributed by atoms with E-state index in [1.807, 2.05) is 18.9 Å². The van der Waals surface area contributed by atoms with Crippen LogP contribution >= 0.6 is 0 Å². The third kappa shape index (κ3) is 3.11. The normalized spacial score (nSPS) is 19.3. The number of nitrogens with zero attached hydrogens (tertiary/aromatic N) is 2. The Labute approximate surface area is 173 Å². The lowest BCUT2D eigenvalue weighted by Crippen LogP contribution is -2.32. The number of benzene rings is 2. The summed E-state index contributed by atoms with van der Waals surface area (Å²) in [4.78, 5) is 14.9. The van der Waals surface area contributed by atoms with Crippen LogP contribution in [0, 0.1) is 18.3 Å². The number of fused-ring (bicyclic) bond motifs is 1. The van der Waals surface area contributed by atoms with E-state index in [1.54, 1.807) is 18.2 Å². The number of phenols is 2. The van der Waals surface area contributed by atoms with Crippen molar-refractivity contribution in [2.75, 3.05) is 20.2 Å². The molecule has 0 amide bonds. The van der Waals surface area contributed by atoms with E-state index >= 15 is 0 Å². The van der Waals surface area contributed by atoms with E-state index < -0.39 is 5.43 Å². The highest BCUT2D eigenvalue weighted by atomic mass is 16.3. The molecule has 0 spiro atoms. The highest BCUT2D eigenvalue weighted by Gasteiger charge is 2.36. The number of likely N-dealkylation sites (tertiary alicyclic amines) is 1. The van der Waals surface area contributed by atoms with Gasteiger partial charge in [0, 0.05) is 35.2 Å². The number of rotatable bonds is 3. The van der Waals surface area contributed by atoms with Gasteiger partial charge in [-0.05, 0) is 50.7 Å². The number of aryl methyl sites for hydroxylation is 1. The van der Waals surface area contributed by atoms with Crippen molar-refractivity contribution in [3.63, 3.8) is 0 Å². The standard InChI is InChI=1S/C23H22N2O5/c1-12-7-13(10-24)3-4-14(12)20-9-19(29)22-18(28)8-17(27)21(23(22)30-20)15-5-6-25(2)16(15)11-26/h3-4,7-9,15-16,26-28H,5-6,11H2,1-2H3/t15-,16+/m0/s1. The van der Waals surface area contributed by atoms with Gasteiger partial charge in [-0.1, -0.05) is 0 Å². The lowest BCUT2D eigenvalue weighted by molar-refractivity contribution is 0.172. The van der Waals surface area contributed by atoms with E-state index in [4.69, 9.17) is 9.68 Å². The van der Waals surface area contributed by atoms with Crippen molar-refractivity contribution in [3.8, 4) is 28.9 Å². The van der Waals surface area contributed by atoms with Crippen LogP contribution in [-0.2, 0) is 0 Å². The maximum Gasteiger partial charge on any atom is 0.197 e. The van der Waals surface area contributed by atoms with Crippen LogP contribution < -0.4 is 5.43 Å². The van der Waals surface area contributed by atoms with Gasteiger partial charge in [0.2, 0.25) is 0 Å². The average molecular weight is 406 g/mol. The summed E-state index contributed by atoms with van der Waals surface area (Å²) < 4.78 is 6.11. The largest absolute Gasteiger partial charge is 0.507 e.